The van der Waals surface area contributed by atoms with E-state index in [0.29, 0.717) is 6.54 Å². The van der Waals surface area contributed by atoms with Crippen LogP contribution in [0.4, 0.5) is 4.39 Å². The van der Waals surface area contributed by atoms with Crippen molar-refractivity contribution in [1.29, 1.82) is 0 Å². The third-order valence-electron chi connectivity index (χ3n) is 2.32. The lowest BCUT2D eigenvalue weighted by atomic mass is 10.1. The molecule has 2 nitrogen and oxygen atoms in total. The van der Waals surface area contributed by atoms with E-state index < -0.39 is 6.67 Å². The Balaban J connectivity index is 2.67. The molecule has 1 aromatic rings. The summed E-state index contributed by atoms with van der Waals surface area (Å²) in [6.07, 6.45) is 0. The highest BCUT2D eigenvalue weighted by Gasteiger charge is 2.12. The topological polar surface area (TPSA) is 20.3 Å². The smallest absolute Gasteiger partial charge is 0.237 e. The highest BCUT2D eigenvalue weighted by atomic mass is 35.5. The maximum absolute atomic E-state index is 12.3. The normalized spacial score (nSPS) is 10.2. The summed E-state index contributed by atoms with van der Waals surface area (Å²) in [6.45, 7) is 1.96. The van der Waals surface area contributed by atoms with Crippen molar-refractivity contribution < 1.29 is 9.18 Å². The largest absolute Gasteiger partial charge is 0.335 e. The molecule has 0 aromatic heterocycles. The Labute approximate surface area is 100 Å². The van der Waals surface area contributed by atoms with Gasteiger partial charge in [-0.25, -0.2) is 4.39 Å². The SMILES string of the molecule is Cc1ccc(CN(CCF)C(=O)CCl)cc1. The van der Waals surface area contributed by atoms with Gasteiger partial charge in [-0.1, -0.05) is 29.8 Å². The number of rotatable bonds is 5. The van der Waals surface area contributed by atoms with Gasteiger partial charge in [0.2, 0.25) is 5.91 Å². The lowest BCUT2D eigenvalue weighted by Gasteiger charge is -2.20. The number of carbonyl (C=O) groups is 1. The summed E-state index contributed by atoms with van der Waals surface area (Å²) < 4.78 is 12.3. The Morgan fingerprint density at radius 1 is 1.38 bits per heavy atom. The van der Waals surface area contributed by atoms with E-state index in [2.05, 4.69) is 0 Å². The van der Waals surface area contributed by atoms with Gasteiger partial charge in [0.25, 0.3) is 0 Å². The van der Waals surface area contributed by atoms with Gasteiger partial charge in [-0.3, -0.25) is 4.79 Å². The molecule has 0 aliphatic heterocycles. The van der Waals surface area contributed by atoms with Gasteiger partial charge in [0.1, 0.15) is 12.6 Å². The number of hydrogen-bond acceptors (Lipinski definition) is 1. The quantitative estimate of drug-likeness (QED) is 0.728. The van der Waals surface area contributed by atoms with E-state index in [4.69, 9.17) is 11.6 Å². The molecule has 1 rings (SSSR count). The van der Waals surface area contributed by atoms with Gasteiger partial charge in [-0.15, -0.1) is 11.6 Å². The standard InChI is InChI=1S/C12H15ClFNO/c1-10-2-4-11(5-3-10)9-15(7-6-14)12(16)8-13/h2-5H,6-9H2,1H3. The third kappa shape index (κ3) is 3.81. The first-order valence-corrected chi connectivity index (χ1v) is 5.66. The van der Waals surface area contributed by atoms with Crippen LogP contribution in [-0.2, 0) is 11.3 Å². The van der Waals surface area contributed by atoms with Crippen molar-refractivity contribution >= 4 is 17.5 Å². The monoisotopic (exact) mass is 243 g/mol. The van der Waals surface area contributed by atoms with Crippen LogP contribution >= 0.6 is 11.6 Å². The molecule has 0 unspecified atom stereocenters. The maximum atomic E-state index is 12.3. The van der Waals surface area contributed by atoms with Gasteiger partial charge in [0.05, 0.1) is 0 Å². The van der Waals surface area contributed by atoms with Gasteiger partial charge in [-0.05, 0) is 12.5 Å². The number of benzene rings is 1. The van der Waals surface area contributed by atoms with E-state index in [0.717, 1.165) is 11.1 Å². The number of nitrogens with zero attached hydrogens (tertiary/aromatic N) is 1. The average Bonchev–Trinajstić information content (AvgIpc) is 2.30. The van der Waals surface area contributed by atoms with Crippen molar-refractivity contribution in [3.8, 4) is 0 Å². The van der Waals surface area contributed by atoms with Crippen molar-refractivity contribution in [2.45, 2.75) is 13.5 Å². The van der Waals surface area contributed by atoms with Crippen LogP contribution in [0.5, 0.6) is 0 Å². The summed E-state index contributed by atoms with van der Waals surface area (Å²) in [5.41, 5.74) is 2.14. The predicted octanol–water partition coefficient (Wildman–Crippen LogP) is 2.53. The van der Waals surface area contributed by atoms with Crippen molar-refractivity contribution in [3.05, 3.63) is 35.4 Å². The van der Waals surface area contributed by atoms with E-state index in [9.17, 15) is 9.18 Å². The Hall–Kier alpha value is -1.09. The fourth-order valence-electron chi connectivity index (χ4n) is 1.39. The molecule has 0 saturated heterocycles. The molecule has 1 amide bonds. The Morgan fingerprint density at radius 2 is 2.00 bits per heavy atom. The maximum Gasteiger partial charge on any atom is 0.237 e. The third-order valence-corrected chi connectivity index (χ3v) is 2.54. The van der Waals surface area contributed by atoms with E-state index in [1.807, 2.05) is 31.2 Å². The number of aryl methyl sites for hydroxylation is 1. The number of carbonyl (C=O) groups excluding carboxylic acids is 1. The summed E-state index contributed by atoms with van der Waals surface area (Å²) >= 11 is 5.46. The van der Waals surface area contributed by atoms with E-state index >= 15 is 0 Å². The first kappa shape index (κ1) is 13.0. The first-order chi connectivity index (χ1) is 7.67. The molecule has 0 fully saturated rings. The summed E-state index contributed by atoms with van der Waals surface area (Å²) in [5, 5.41) is 0. The highest BCUT2D eigenvalue weighted by Crippen LogP contribution is 2.07. The van der Waals surface area contributed by atoms with Gasteiger partial charge < -0.3 is 4.90 Å². The molecule has 0 spiro atoms. The minimum Gasteiger partial charge on any atom is -0.335 e. The molecular weight excluding hydrogens is 229 g/mol. The van der Waals surface area contributed by atoms with Crippen LogP contribution < -0.4 is 0 Å². The average molecular weight is 244 g/mol. The van der Waals surface area contributed by atoms with E-state index in [-0.39, 0.29) is 18.3 Å². The van der Waals surface area contributed by atoms with Crippen LogP contribution in [0.1, 0.15) is 11.1 Å². The van der Waals surface area contributed by atoms with Crippen LogP contribution in [0, 0.1) is 6.92 Å². The molecular formula is C12H15ClFNO. The molecule has 0 heterocycles. The van der Waals surface area contributed by atoms with E-state index in [1.54, 1.807) is 0 Å². The molecule has 0 N–H and O–H groups in total. The molecule has 16 heavy (non-hydrogen) atoms. The second-order valence-corrected chi connectivity index (χ2v) is 3.89. The summed E-state index contributed by atoms with van der Waals surface area (Å²) in [4.78, 5) is 12.8. The zero-order valence-electron chi connectivity index (χ0n) is 9.25. The van der Waals surface area contributed by atoms with Crippen LogP contribution in [0.2, 0.25) is 0 Å². The molecule has 0 saturated carbocycles. The van der Waals surface area contributed by atoms with Gasteiger partial charge >= 0.3 is 0 Å². The van der Waals surface area contributed by atoms with E-state index in [1.165, 1.54) is 4.90 Å². The molecule has 0 aliphatic rings. The van der Waals surface area contributed by atoms with Gasteiger partial charge in [-0.2, -0.15) is 0 Å². The molecule has 0 atom stereocenters. The molecule has 0 bridgehead atoms. The predicted molar refractivity (Wildman–Crippen MR) is 63.3 cm³/mol. The molecule has 0 radical (unpaired) electrons. The van der Waals surface area contributed by atoms with Crippen molar-refractivity contribution in [2.24, 2.45) is 0 Å². The zero-order valence-corrected chi connectivity index (χ0v) is 10.0. The Kier molecular flexibility index (Phi) is 5.26. The second-order valence-electron chi connectivity index (χ2n) is 3.62. The van der Waals surface area contributed by atoms with Crippen LogP contribution in [-0.4, -0.2) is 29.9 Å². The highest BCUT2D eigenvalue weighted by molar-refractivity contribution is 6.27. The Morgan fingerprint density at radius 3 is 2.50 bits per heavy atom. The minimum absolute atomic E-state index is 0.0967. The number of hydrogen-bond donors (Lipinski definition) is 0. The van der Waals surface area contributed by atoms with Gasteiger partial charge in [0.15, 0.2) is 0 Å². The summed E-state index contributed by atoms with van der Waals surface area (Å²) in [5.74, 6) is -0.342. The zero-order chi connectivity index (χ0) is 12.0. The molecule has 4 heteroatoms. The summed E-state index contributed by atoms with van der Waals surface area (Å²) in [7, 11) is 0. The van der Waals surface area contributed by atoms with Crippen molar-refractivity contribution in [2.75, 3.05) is 19.1 Å². The van der Waals surface area contributed by atoms with Crippen LogP contribution in [0.15, 0.2) is 24.3 Å². The van der Waals surface area contributed by atoms with Gasteiger partial charge in [0, 0.05) is 13.1 Å². The molecule has 88 valence electrons. The lowest BCUT2D eigenvalue weighted by molar-refractivity contribution is -0.129. The number of halogens is 2. The van der Waals surface area contributed by atoms with Crippen LogP contribution in [0.3, 0.4) is 0 Å². The second kappa shape index (κ2) is 6.48. The molecule has 1 aromatic carbocycles. The van der Waals surface area contributed by atoms with Crippen molar-refractivity contribution in [3.63, 3.8) is 0 Å². The number of alkyl halides is 2. The first-order valence-electron chi connectivity index (χ1n) is 5.12. The number of amides is 1. The lowest BCUT2D eigenvalue weighted by Crippen LogP contribution is -2.33. The minimum atomic E-state index is -0.547. The fourth-order valence-corrected chi connectivity index (χ4v) is 1.56. The van der Waals surface area contributed by atoms with Crippen molar-refractivity contribution in [1.82, 2.24) is 4.90 Å². The van der Waals surface area contributed by atoms with Crippen LogP contribution in [0.25, 0.3) is 0 Å². The Bertz CT molecular complexity index is 339. The fraction of sp³-hybridized carbons (Fsp3) is 0.417. The summed E-state index contributed by atoms with van der Waals surface area (Å²) in [6, 6.07) is 7.80. The molecule has 0 aliphatic carbocycles.